The van der Waals surface area contributed by atoms with Gasteiger partial charge in [-0.25, -0.2) is 0 Å². The van der Waals surface area contributed by atoms with E-state index in [0.29, 0.717) is 5.92 Å². The van der Waals surface area contributed by atoms with Crippen LogP contribution < -0.4 is 0 Å². The number of hydrogen-bond acceptors (Lipinski definition) is 0. The quantitative estimate of drug-likeness (QED) is 0.249. The molecule has 0 amide bonds. The maximum absolute atomic E-state index is 12.6. The molecule has 1 aromatic rings. The van der Waals surface area contributed by atoms with Crippen LogP contribution in [0.25, 0.3) is 5.57 Å². The predicted octanol–water partition coefficient (Wildman–Crippen LogP) is 9.69. The molecule has 0 spiro atoms. The zero-order valence-corrected chi connectivity index (χ0v) is 19.5. The summed E-state index contributed by atoms with van der Waals surface area (Å²) in [6.07, 6.45) is 18.3. The van der Waals surface area contributed by atoms with Crippen LogP contribution in [0.5, 0.6) is 0 Å². The number of alkyl halides is 3. The van der Waals surface area contributed by atoms with Crippen molar-refractivity contribution >= 4 is 5.57 Å². The first kappa shape index (κ1) is 24.9. The molecule has 0 saturated heterocycles. The Hall–Kier alpha value is -1.77. The van der Waals surface area contributed by atoms with Gasteiger partial charge >= 0.3 is 6.18 Å². The molecule has 0 bridgehead atoms. The number of hydrogen-bond donors (Lipinski definition) is 0. The van der Waals surface area contributed by atoms with Crippen LogP contribution in [0.1, 0.15) is 89.5 Å². The third-order valence-corrected chi connectivity index (χ3v) is 7.45. The lowest BCUT2D eigenvalue weighted by Gasteiger charge is -2.42. The Labute approximate surface area is 192 Å². The number of halogens is 3. The van der Waals surface area contributed by atoms with Gasteiger partial charge in [0.05, 0.1) is 0 Å². The van der Waals surface area contributed by atoms with Crippen LogP contribution in [-0.2, 0) is 0 Å². The molecule has 176 valence electrons. The van der Waals surface area contributed by atoms with Gasteiger partial charge in [-0.3, -0.25) is 0 Å². The largest absolute Gasteiger partial charge is 0.389 e. The number of rotatable bonds is 10. The highest BCUT2D eigenvalue weighted by molar-refractivity contribution is 5.75. The first-order chi connectivity index (χ1) is 15.4. The molecule has 0 aliphatic heterocycles. The van der Waals surface area contributed by atoms with Crippen molar-refractivity contribution in [2.45, 2.75) is 90.1 Å². The lowest BCUT2D eigenvalue weighted by atomic mass is 9.63. The third-order valence-electron chi connectivity index (χ3n) is 7.45. The summed E-state index contributed by atoms with van der Waals surface area (Å²) in [5.41, 5.74) is 2.28. The van der Waals surface area contributed by atoms with Crippen LogP contribution in [0.3, 0.4) is 0 Å². The number of benzene rings is 1. The Bertz CT molecular complexity index is 763. The molecule has 32 heavy (non-hydrogen) atoms. The molecule has 1 aromatic carbocycles. The maximum Gasteiger partial charge on any atom is 0.389 e. The summed E-state index contributed by atoms with van der Waals surface area (Å²) >= 11 is 0. The van der Waals surface area contributed by atoms with E-state index in [4.69, 9.17) is 0 Å². The van der Waals surface area contributed by atoms with Crippen molar-refractivity contribution in [2.75, 3.05) is 0 Å². The van der Waals surface area contributed by atoms with E-state index >= 15 is 0 Å². The molecule has 2 aliphatic carbocycles. The summed E-state index contributed by atoms with van der Waals surface area (Å²) in [5, 5.41) is 0. The van der Waals surface area contributed by atoms with Crippen LogP contribution in [0.15, 0.2) is 60.7 Å². The van der Waals surface area contributed by atoms with Gasteiger partial charge in [0, 0.05) is 11.8 Å². The average molecular weight is 445 g/mol. The normalized spacial score (nSPS) is 26.4. The summed E-state index contributed by atoms with van der Waals surface area (Å²) < 4.78 is 37.9. The molecule has 3 rings (SSSR count). The smallest absolute Gasteiger partial charge is 0.171 e. The van der Waals surface area contributed by atoms with Gasteiger partial charge in [-0.15, -0.1) is 0 Å². The predicted molar refractivity (Wildman–Crippen MR) is 129 cm³/mol. The fourth-order valence-corrected chi connectivity index (χ4v) is 5.47. The second-order valence-corrected chi connectivity index (χ2v) is 9.80. The molecule has 1 unspecified atom stereocenters. The van der Waals surface area contributed by atoms with E-state index in [1.807, 2.05) is 18.2 Å². The molecular formula is C29H39F3. The summed E-state index contributed by atoms with van der Waals surface area (Å²) in [6.45, 7) is 2.25. The van der Waals surface area contributed by atoms with Crippen LogP contribution in [0, 0.1) is 17.3 Å². The second kappa shape index (κ2) is 11.9. The van der Waals surface area contributed by atoms with Gasteiger partial charge in [0.25, 0.3) is 0 Å². The summed E-state index contributed by atoms with van der Waals surface area (Å²) in [6, 6.07) is 10.3. The molecular weight excluding hydrogens is 405 g/mol. The van der Waals surface area contributed by atoms with E-state index in [1.165, 1.54) is 68.9 Å². The van der Waals surface area contributed by atoms with E-state index in [0.717, 1.165) is 12.3 Å². The Kier molecular flexibility index (Phi) is 9.25. The Balaban J connectivity index is 1.65. The Morgan fingerprint density at radius 3 is 2.38 bits per heavy atom. The van der Waals surface area contributed by atoms with Crippen LogP contribution in [0.2, 0.25) is 0 Å². The molecule has 3 heteroatoms. The minimum absolute atomic E-state index is 0.0706. The molecule has 0 N–H and O–H groups in total. The lowest BCUT2D eigenvalue weighted by molar-refractivity contribution is -0.133. The van der Waals surface area contributed by atoms with Crippen molar-refractivity contribution in [3.8, 4) is 0 Å². The topological polar surface area (TPSA) is 0 Å². The molecule has 1 fully saturated rings. The maximum atomic E-state index is 12.6. The number of unbranched alkanes of at least 4 members (excludes halogenated alkanes) is 3. The van der Waals surface area contributed by atoms with Gasteiger partial charge in [-0.05, 0) is 48.7 Å². The molecule has 0 aromatic heterocycles. The fourth-order valence-electron chi connectivity index (χ4n) is 5.47. The van der Waals surface area contributed by atoms with Crippen molar-refractivity contribution in [2.24, 2.45) is 17.3 Å². The van der Waals surface area contributed by atoms with Crippen molar-refractivity contribution < 1.29 is 13.2 Å². The molecule has 0 nitrogen and oxygen atoms in total. The highest BCUT2D eigenvalue weighted by Crippen LogP contribution is 2.48. The van der Waals surface area contributed by atoms with E-state index in [-0.39, 0.29) is 11.8 Å². The van der Waals surface area contributed by atoms with E-state index in [9.17, 15) is 13.2 Å². The van der Waals surface area contributed by atoms with Crippen LogP contribution >= 0.6 is 0 Å². The zero-order valence-electron chi connectivity index (χ0n) is 19.5. The summed E-state index contributed by atoms with van der Waals surface area (Å²) in [7, 11) is 0. The van der Waals surface area contributed by atoms with Gasteiger partial charge in [0.15, 0.2) is 0 Å². The summed E-state index contributed by atoms with van der Waals surface area (Å²) in [5.74, 6) is 1.35. The average Bonchev–Trinajstić information content (AvgIpc) is 2.80. The van der Waals surface area contributed by atoms with Gasteiger partial charge in [-0.2, -0.15) is 13.2 Å². The second-order valence-electron chi connectivity index (χ2n) is 9.80. The van der Waals surface area contributed by atoms with E-state index < -0.39 is 12.6 Å². The van der Waals surface area contributed by atoms with E-state index in [2.05, 4.69) is 43.4 Å². The number of allylic oxidation sites excluding steroid dienone is 6. The van der Waals surface area contributed by atoms with Gasteiger partial charge in [0.1, 0.15) is 0 Å². The van der Waals surface area contributed by atoms with Crippen LogP contribution in [-0.4, -0.2) is 6.18 Å². The molecule has 1 saturated carbocycles. The van der Waals surface area contributed by atoms with Crippen molar-refractivity contribution in [1.29, 1.82) is 0 Å². The Morgan fingerprint density at radius 1 is 1.00 bits per heavy atom. The van der Waals surface area contributed by atoms with Gasteiger partial charge in [-0.1, -0.05) is 113 Å². The van der Waals surface area contributed by atoms with Gasteiger partial charge in [0.2, 0.25) is 0 Å². The standard InChI is InChI=1S/C29H39F3/c1-2-3-4-6-11-24-14-16-27(17-15-24)28(20-9-10-21-29(30,31)32)22-18-26(19-23-28)25-12-7-5-8-13-25/h5,7-9,12-13,18-20,22,24,27H,2-4,6,10-11,14-17,21,23H2,1H3. The highest BCUT2D eigenvalue weighted by atomic mass is 19.4. The first-order valence-electron chi connectivity index (χ1n) is 12.6. The minimum atomic E-state index is -4.09. The third kappa shape index (κ3) is 7.39. The van der Waals surface area contributed by atoms with Crippen molar-refractivity contribution in [3.05, 3.63) is 66.3 Å². The summed E-state index contributed by atoms with van der Waals surface area (Å²) in [4.78, 5) is 0. The SMILES string of the molecule is CCCCCCC1CCC(C2(C=CCCC(F)(F)F)C=CC(c3ccccc3)=CC2)CC1. The lowest BCUT2D eigenvalue weighted by Crippen LogP contribution is -2.31. The monoisotopic (exact) mass is 444 g/mol. The molecule has 0 heterocycles. The van der Waals surface area contributed by atoms with Crippen LogP contribution in [0.4, 0.5) is 13.2 Å². The van der Waals surface area contributed by atoms with Gasteiger partial charge < -0.3 is 0 Å². The molecule has 0 radical (unpaired) electrons. The zero-order chi connectivity index (χ0) is 22.9. The van der Waals surface area contributed by atoms with E-state index in [1.54, 1.807) is 6.08 Å². The molecule has 1 atom stereocenters. The van der Waals surface area contributed by atoms with Crippen molar-refractivity contribution in [3.63, 3.8) is 0 Å². The first-order valence-corrected chi connectivity index (χ1v) is 12.6. The minimum Gasteiger partial charge on any atom is -0.171 e. The molecule has 2 aliphatic rings. The fraction of sp³-hybridized carbons (Fsp3) is 0.586. The van der Waals surface area contributed by atoms with Crippen molar-refractivity contribution in [1.82, 2.24) is 0 Å². The Morgan fingerprint density at radius 2 is 1.75 bits per heavy atom. The highest BCUT2D eigenvalue weighted by Gasteiger charge is 2.37.